The average molecular weight is 350 g/mol. The maximum Gasteiger partial charge on any atom is 0.244 e. The van der Waals surface area contributed by atoms with Crippen LogP contribution >= 0.6 is 0 Å². The maximum atomic E-state index is 12.6. The second kappa shape index (κ2) is 6.75. The summed E-state index contributed by atoms with van der Waals surface area (Å²) in [5, 5.41) is 6.48. The Morgan fingerprint density at radius 3 is 2.92 bits per heavy atom. The Hall–Kier alpha value is -2.36. The van der Waals surface area contributed by atoms with Crippen LogP contribution in [0.15, 0.2) is 41.5 Å². The zero-order valence-corrected chi connectivity index (χ0v) is 15.5. The average Bonchev–Trinajstić information content (AvgIpc) is 3.29. The number of hydrogen-bond acceptors (Lipinski definition) is 3. The first-order chi connectivity index (χ1) is 12.6. The van der Waals surface area contributed by atoms with E-state index in [0.717, 1.165) is 28.5 Å². The van der Waals surface area contributed by atoms with E-state index in [4.69, 9.17) is 4.74 Å². The molecule has 0 heterocycles. The second-order valence-corrected chi connectivity index (χ2v) is 7.70. The van der Waals surface area contributed by atoms with Crippen LogP contribution in [0.5, 0.6) is 5.75 Å². The van der Waals surface area contributed by atoms with Gasteiger partial charge in [-0.15, -0.1) is 0 Å². The molecule has 0 spiro atoms. The van der Waals surface area contributed by atoms with Crippen molar-refractivity contribution in [2.75, 3.05) is 6.61 Å². The Kier molecular flexibility index (Phi) is 4.43. The number of carbonyl (C=O) groups excluding carboxylic acids is 1. The highest BCUT2D eigenvalue weighted by Crippen LogP contribution is 2.66. The monoisotopic (exact) mass is 350 g/mol. The van der Waals surface area contributed by atoms with Gasteiger partial charge in [0.05, 0.1) is 12.8 Å². The van der Waals surface area contributed by atoms with E-state index < -0.39 is 0 Å². The van der Waals surface area contributed by atoms with Crippen LogP contribution in [0.1, 0.15) is 45.1 Å². The van der Waals surface area contributed by atoms with E-state index in [0.29, 0.717) is 12.5 Å². The molecule has 26 heavy (non-hydrogen) atoms. The highest BCUT2D eigenvalue weighted by atomic mass is 16.5. The Labute approximate surface area is 154 Å². The molecule has 4 heteroatoms. The van der Waals surface area contributed by atoms with Crippen LogP contribution in [0.4, 0.5) is 0 Å². The van der Waals surface area contributed by atoms with Gasteiger partial charge in [-0.2, -0.15) is 5.10 Å². The lowest BCUT2D eigenvalue weighted by atomic mass is 9.90. The fraction of sp³-hybridized carbons (Fsp3) is 0.455. The number of hydrazone groups is 1. The van der Waals surface area contributed by atoms with Gasteiger partial charge in [-0.05, 0) is 47.9 Å². The van der Waals surface area contributed by atoms with Gasteiger partial charge in [-0.1, -0.05) is 50.1 Å². The third-order valence-electron chi connectivity index (χ3n) is 6.21. The summed E-state index contributed by atoms with van der Waals surface area (Å²) in [5.74, 6) is 1.52. The lowest BCUT2D eigenvalue weighted by molar-refractivity contribution is -0.123. The minimum Gasteiger partial charge on any atom is -0.493 e. The SMILES string of the molecule is CCOc1ccc2ccccc2c1/C=N\NC(=O)[C@@H]1[C@@H]2CCCC[C@@]12C. The van der Waals surface area contributed by atoms with Crippen molar-refractivity contribution >= 4 is 22.9 Å². The van der Waals surface area contributed by atoms with E-state index in [1.165, 1.54) is 19.3 Å². The number of carbonyl (C=O) groups is 1. The number of nitrogens with zero attached hydrogens (tertiary/aromatic N) is 1. The van der Waals surface area contributed by atoms with Crippen molar-refractivity contribution < 1.29 is 9.53 Å². The number of benzene rings is 2. The molecule has 0 saturated heterocycles. The summed E-state index contributed by atoms with van der Waals surface area (Å²) >= 11 is 0. The number of fused-ring (bicyclic) bond motifs is 2. The van der Waals surface area contributed by atoms with Gasteiger partial charge in [0, 0.05) is 11.5 Å². The van der Waals surface area contributed by atoms with Crippen molar-refractivity contribution in [3.8, 4) is 5.75 Å². The first-order valence-electron chi connectivity index (χ1n) is 9.62. The summed E-state index contributed by atoms with van der Waals surface area (Å²) < 4.78 is 5.75. The first-order valence-corrected chi connectivity index (χ1v) is 9.62. The summed E-state index contributed by atoms with van der Waals surface area (Å²) in [6.07, 6.45) is 6.56. The van der Waals surface area contributed by atoms with Gasteiger partial charge in [0.1, 0.15) is 5.75 Å². The molecule has 2 fully saturated rings. The Morgan fingerprint density at radius 2 is 2.15 bits per heavy atom. The number of ether oxygens (including phenoxy) is 1. The van der Waals surface area contributed by atoms with E-state index >= 15 is 0 Å². The third-order valence-corrected chi connectivity index (χ3v) is 6.21. The van der Waals surface area contributed by atoms with Crippen LogP contribution in [0, 0.1) is 17.3 Å². The number of rotatable bonds is 5. The standard InChI is InChI=1S/C22H26N2O2/c1-3-26-19-12-11-15-8-4-5-9-16(15)17(19)14-23-24-21(25)20-18-10-6-7-13-22(18,20)2/h4-5,8-9,11-12,14,18,20H,3,6-7,10,13H2,1-2H3,(H,24,25)/b23-14-/t18-,20-,22+/m0/s1. The molecule has 0 bridgehead atoms. The topological polar surface area (TPSA) is 50.7 Å². The molecule has 0 aromatic heterocycles. The largest absolute Gasteiger partial charge is 0.493 e. The zero-order valence-electron chi connectivity index (χ0n) is 15.5. The molecular formula is C22H26N2O2. The van der Waals surface area contributed by atoms with Crippen molar-refractivity contribution in [2.45, 2.75) is 39.5 Å². The fourth-order valence-electron chi connectivity index (χ4n) is 4.77. The molecule has 0 unspecified atom stereocenters. The second-order valence-electron chi connectivity index (χ2n) is 7.70. The molecule has 136 valence electrons. The normalized spacial score (nSPS) is 27.3. The van der Waals surface area contributed by atoms with Crippen molar-refractivity contribution in [1.82, 2.24) is 5.43 Å². The quantitative estimate of drug-likeness (QED) is 0.637. The third kappa shape index (κ3) is 2.87. The minimum atomic E-state index is 0.0637. The van der Waals surface area contributed by atoms with Gasteiger partial charge in [0.15, 0.2) is 0 Å². The molecule has 2 saturated carbocycles. The zero-order chi connectivity index (χ0) is 18.1. The van der Waals surface area contributed by atoms with E-state index in [9.17, 15) is 4.79 Å². The van der Waals surface area contributed by atoms with Gasteiger partial charge in [0.2, 0.25) is 5.91 Å². The first kappa shape index (κ1) is 17.1. The van der Waals surface area contributed by atoms with Crippen LogP contribution in [0.2, 0.25) is 0 Å². The summed E-state index contributed by atoms with van der Waals surface area (Å²) in [6.45, 7) is 4.81. The van der Waals surface area contributed by atoms with Gasteiger partial charge < -0.3 is 4.74 Å². The molecule has 3 atom stereocenters. The Balaban J connectivity index is 1.53. The smallest absolute Gasteiger partial charge is 0.244 e. The lowest BCUT2D eigenvalue weighted by Gasteiger charge is -2.15. The molecule has 1 amide bonds. The Bertz CT molecular complexity index is 860. The predicted octanol–water partition coefficient (Wildman–Crippen LogP) is 4.51. The molecule has 0 aliphatic heterocycles. The number of hydrogen-bond donors (Lipinski definition) is 1. The molecule has 4 nitrogen and oxygen atoms in total. The number of nitrogens with one attached hydrogen (secondary N) is 1. The maximum absolute atomic E-state index is 12.6. The molecule has 2 aromatic carbocycles. The van der Waals surface area contributed by atoms with E-state index in [-0.39, 0.29) is 17.2 Å². The van der Waals surface area contributed by atoms with Crippen molar-refractivity contribution in [2.24, 2.45) is 22.4 Å². The lowest BCUT2D eigenvalue weighted by Crippen LogP contribution is -2.22. The molecule has 2 aliphatic rings. The van der Waals surface area contributed by atoms with Crippen LogP contribution in [0.3, 0.4) is 0 Å². The van der Waals surface area contributed by atoms with Crippen LogP contribution in [0.25, 0.3) is 10.8 Å². The summed E-state index contributed by atoms with van der Waals surface area (Å²) in [4.78, 5) is 12.6. The van der Waals surface area contributed by atoms with E-state index in [1.807, 2.05) is 31.2 Å². The summed E-state index contributed by atoms with van der Waals surface area (Å²) in [5.41, 5.74) is 3.89. The van der Waals surface area contributed by atoms with Gasteiger partial charge in [-0.3, -0.25) is 4.79 Å². The van der Waals surface area contributed by atoms with Crippen LogP contribution < -0.4 is 10.2 Å². The predicted molar refractivity (Wildman–Crippen MR) is 104 cm³/mol. The van der Waals surface area contributed by atoms with Gasteiger partial charge in [0.25, 0.3) is 0 Å². The highest BCUT2D eigenvalue weighted by molar-refractivity contribution is 6.02. The van der Waals surface area contributed by atoms with E-state index in [2.05, 4.69) is 29.6 Å². The number of amides is 1. The van der Waals surface area contributed by atoms with Gasteiger partial charge in [-0.25, -0.2) is 5.43 Å². The highest BCUT2D eigenvalue weighted by Gasteiger charge is 2.64. The van der Waals surface area contributed by atoms with Gasteiger partial charge >= 0.3 is 0 Å². The Morgan fingerprint density at radius 1 is 1.31 bits per heavy atom. The van der Waals surface area contributed by atoms with Crippen molar-refractivity contribution in [3.05, 3.63) is 42.0 Å². The molecule has 2 aromatic rings. The molecular weight excluding hydrogens is 324 g/mol. The summed E-state index contributed by atoms with van der Waals surface area (Å²) in [7, 11) is 0. The van der Waals surface area contributed by atoms with Crippen molar-refractivity contribution in [1.29, 1.82) is 0 Å². The minimum absolute atomic E-state index is 0.0637. The van der Waals surface area contributed by atoms with Crippen LogP contribution in [-0.4, -0.2) is 18.7 Å². The molecule has 2 aliphatic carbocycles. The summed E-state index contributed by atoms with van der Waals surface area (Å²) in [6, 6.07) is 12.1. The molecule has 4 rings (SSSR count). The van der Waals surface area contributed by atoms with Crippen molar-refractivity contribution in [3.63, 3.8) is 0 Å². The molecule has 1 N–H and O–H groups in total. The van der Waals surface area contributed by atoms with Crippen LogP contribution in [-0.2, 0) is 4.79 Å². The fourth-order valence-corrected chi connectivity index (χ4v) is 4.77. The van der Waals surface area contributed by atoms with E-state index in [1.54, 1.807) is 6.21 Å². The molecule has 0 radical (unpaired) electrons.